The zero-order valence-electron chi connectivity index (χ0n) is 11.4. The number of hydrogen-bond acceptors (Lipinski definition) is 4. The lowest BCUT2D eigenvalue weighted by molar-refractivity contribution is -0.130. The van der Waals surface area contributed by atoms with E-state index in [4.69, 9.17) is 10.5 Å². The molecule has 19 heavy (non-hydrogen) atoms. The van der Waals surface area contributed by atoms with Crippen LogP contribution in [0, 0.1) is 0 Å². The Balaban J connectivity index is 1.76. The zero-order chi connectivity index (χ0) is 13.9. The number of hydrogen-bond donors (Lipinski definition) is 3. The van der Waals surface area contributed by atoms with Gasteiger partial charge in [-0.2, -0.15) is 0 Å². The number of amides is 2. The lowest BCUT2D eigenvalue weighted by Crippen LogP contribution is -2.57. The van der Waals surface area contributed by atoms with Gasteiger partial charge in [-0.25, -0.2) is 0 Å². The molecule has 0 aromatic carbocycles. The summed E-state index contributed by atoms with van der Waals surface area (Å²) < 4.78 is 5.48. The van der Waals surface area contributed by atoms with Crippen molar-refractivity contribution >= 4 is 11.8 Å². The molecule has 0 bridgehead atoms. The molecule has 0 saturated carbocycles. The van der Waals surface area contributed by atoms with Gasteiger partial charge in [0.05, 0.1) is 11.6 Å². The topological polar surface area (TPSA) is 93.5 Å². The molecule has 6 heteroatoms. The summed E-state index contributed by atoms with van der Waals surface area (Å²) in [5.74, 6) is -0.409. The number of nitrogens with two attached hydrogens (primary N) is 1. The van der Waals surface area contributed by atoms with E-state index in [0.717, 1.165) is 32.2 Å². The van der Waals surface area contributed by atoms with Crippen LogP contribution < -0.4 is 16.4 Å². The molecule has 0 aromatic heterocycles. The van der Waals surface area contributed by atoms with Crippen LogP contribution in [0.15, 0.2) is 0 Å². The Morgan fingerprint density at radius 3 is 2.79 bits per heavy atom. The van der Waals surface area contributed by atoms with Gasteiger partial charge in [-0.15, -0.1) is 0 Å². The molecule has 4 N–H and O–H groups in total. The molecule has 0 radical (unpaired) electrons. The smallest absolute Gasteiger partial charge is 0.246 e. The highest BCUT2D eigenvalue weighted by molar-refractivity contribution is 5.86. The van der Waals surface area contributed by atoms with E-state index in [1.165, 1.54) is 0 Å². The Labute approximate surface area is 113 Å². The summed E-state index contributed by atoms with van der Waals surface area (Å²) in [6.45, 7) is 3.26. The maximum absolute atomic E-state index is 12.2. The van der Waals surface area contributed by atoms with E-state index in [0.29, 0.717) is 13.0 Å². The van der Waals surface area contributed by atoms with Crippen molar-refractivity contribution in [2.75, 3.05) is 13.1 Å². The average Bonchev–Trinajstić information content (AvgIpc) is 2.85. The zero-order valence-corrected chi connectivity index (χ0v) is 11.4. The van der Waals surface area contributed by atoms with E-state index >= 15 is 0 Å². The molecule has 2 aliphatic heterocycles. The van der Waals surface area contributed by atoms with Crippen LogP contribution in [-0.2, 0) is 14.3 Å². The van der Waals surface area contributed by atoms with Gasteiger partial charge in [-0.05, 0) is 45.6 Å². The normalized spacial score (nSPS) is 35.0. The highest BCUT2D eigenvalue weighted by Crippen LogP contribution is 2.21. The predicted molar refractivity (Wildman–Crippen MR) is 70.4 cm³/mol. The van der Waals surface area contributed by atoms with Gasteiger partial charge in [-0.3, -0.25) is 9.59 Å². The third-order valence-corrected chi connectivity index (χ3v) is 4.04. The molecule has 6 nitrogen and oxygen atoms in total. The van der Waals surface area contributed by atoms with Crippen LogP contribution in [0.4, 0.5) is 0 Å². The highest BCUT2D eigenvalue weighted by Gasteiger charge is 2.35. The van der Waals surface area contributed by atoms with Crippen LogP contribution in [0.2, 0.25) is 0 Å². The molecule has 2 rings (SSSR count). The summed E-state index contributed by atoms with van der Waals surface area (Å²) in [5, 5.41) is 6.19. The number of primary amides is 1. The van der Waals surface area contributed by atoms with Gasteiger partial charge in [0.2, 0.25) is 11.8 Å². The summed E-state index contributed by atoms with van der Waals surface area (Å²) in [5.41, 5.74) is 4.72. The first-order valence-corrected chi connectivity index (χ1v) is 6.99. The molecule has 0 aromatic rings. The predicted octanol–water partition coefficient (Wildman–Crippen LogP) is -0.332. The van der Waals surface area contributed by atoms with Crippen LogP contribution >= 0.6 is 0 Å². The fourth-order valence-electron chi connectivity index (χ4n) is 2.72. The van der Waals surface area contributed by atoms with Crippen LogP contribution in [0.3, 0.4) is 0 Å². The van der Waals surface area contributed by atoms with E-state index in [1.807, 2.05) is 6.92 Å². The molecule has 2 amide bonds. The Morgan fingerprint density at radius 1 is 1.42 bits per heavy atom. The van der Waals surface area contributed by atoms with Crippen LogP contribution in [0.25, 0.3) is 0 Å². The molecule has 2 aliphatic rings. The fourth-order valence-corrected chi connectivity index (χ4v) is 2.72. The third kappa shape index (κ3) is 3.45. The standard InChI is InChI=1S/C13H23N3O3/c1-13(6-2-3-7-16-13)12(18)15-8-9-4-5-10(19-9)11(14)17/h9-10,16H,2-8H2,1H3,(H2,14,17)(H,15,18). The lowest BCUT2D eigenvalue weighted by atomic mass is 9.90. The van der Waals surface area contributed by atoms with Crippen LogP contribution in [0.1, 0.15) is 39.0 Å². The van der Waals surface area contributed by atoms with E-state index in [1.54, 1.807) is 0 Å². The van der Waals surface area contributed by atoms with Crippen LogP contribution in [0.5, 0.6) is 0 Å². The van der Waals surface area contributed by atoms with Crippen molar-refractivity contribution in [3.8, 4) is 0 Å². The monoisotopic (exact) mass is 269 g/mol. The van der Waals surface area contributed by atoms with Gasteiger partial charge in [-0.1, -0.05) is 0 Å². The molecule has 3 atom stereocenters. The number of nitrogens with one attached hydrogen (secondary N) is 2. The number of carbonyl (C=O) groups excluding carboxylic acids is 2. The number of carbonyl (C=O) groups is 2. The largest absolute Gasteiger partial charge is 0.367 e. The second-order valence-corrected chi connectivity index (χ2v) is 5.65. The van der Waals surface area contributed by atoms with E-state index < -0.39 is 17.6 Å². The molecule has 2 fully saturated rings. The maximum atomic E-state index is 12.2. The van der Waals surface area contributed by atoms with Crippen molar-refractivity contribution < 1.29 is 14.3 Å². The minimum atomic E-state index is -0.495. The first-order valence-electron chi connectivity index (χ1n) is 6.99. The van der Waals surface area contributed by atoms with Crippen molar-refractivity contribution in [3.63, 3.8) is 0 Å². The Morgan fingerprint density at radius 2 is 2.21 bits per heavy atom. The molecule has 108 valence electrons. The van der Waals surface area contributed by atoms with Gasteiger partial charge >= 0.3 is 0 Å². The molecule has 3 unspecified atom stereocenters. The van der Waals surface area contributed by atoms with Crippen molar-refractivity contribution in [2.45, 2.75) is 56.8 Å². The van der Waals surface area contributed by atoms with Crippen LogP contribution in [-0.4, -0.2) is 42.7 Å². The summed E-state index contributed by atoms with van der Waals surface area (Å²) in [6.07, 6.45) is 3.85. The Kier molecular flexibility index (Phi) is 4.42. The van der Waals surface area contributed by atoms with Gasteiger partial charge in [0, 0.05) is 6.54 Å². The second-order valence-electron chi connectivity index (χ2n) is 5.65. The molecule has 0 aliphatic carbocycles. The molecule has 2 saturated heterocycles. The summed E-state index contributed by atoms with van der Waals surface area (Å²) >= 11 is 0. The van der Waals surface area contributed by atoms with Crippen molar-refractivity contribution in [2.24, 2.45) is 5.73 Å². The van der Waals surface area contributed by atoms with Crippen molar-refractivity contribution in [3.05, 3.63) is 0 Å². The SMILES string of the molecule is CC1(C(=O)NCC2CCC(C(N)=O)O2)CCCCN1. The van der Waals surface area contributed by atoms with E-state index in [-0.39, 0.29) is 12.0 Å². The van der Waals surface area contributed by atoms with Crippen molar-refractivity contribution in [1.82, 2.24) is 10.6 Å². The van der Waals surface area contributed by atoms with E-state index in [9.17, 15) is 9.59 Å². The van der Waals surface area contributed by atoms with Gasteiger partial charge in [0.1, 0.15) is 6.10 Å². The summed E-state index contributed by atoms with van der Waals surface area (Å²) in [7, 11) is 0. The number of ether oxygens (including phenoxy) is 1. The Bertz CT molecular complexity index is 353. The molecular formula is C13H23N3O3. The van der Waals surface area contributed by atoms with Gasteiger partial charge < -0.3 is 21.1 Å². The summed E-state index contributed by atoms with van der Waals surface area (Å²) in [4.78, 5) is 23.2. The molecule has 0 spiro atoms. The average molecular weight is 269 g/mol. The fraction of sp³-hybridized carbons (Fsp3) is 0.846. The minimum absolute atomic E-state index is 0.0123. The first-order chi connectivity index (χ1) is 9.01. The van der Waals surface area contributed by atoms with Crippen molar-refractivity contribution in [1.29, 1.82) is 0 Å². The first kappa shape index (κ1) is 14.3. The Hall–Kier alpha value is -1.14. The molecule has 2 heterocycles. The van der Waals surface area contributed by atoms with Gasteiger partial charge in [0.15, 0.2) is 0 Å². The maximum Gasteiger partial charge on any atom is 0.246 e. The number of rotatable bonds is 4. The van der Waals surface area contributed by atoms with Gasteiger partial charge in [0.25, 0.3) is 0 Å². The molecular weight excluding hydrogens is 246 g/mol. The van der Waals surface area contributed by atoms with E-state index in [2.05, 4.69) is 10.6 Å². The minimum Gasteiger partial charge on any atom is -0.367 e. The third-order valence-electron chi connectivity index (χ3n) is 4.04. The quantitative estimate of drug-likeness (QED) is 0.651. The lowest BCUT2D eigenvalue weighted by Gasteiger charge is -2.33. The number of piperidine rings is 1. The summed E-state index contributed by atoms with van der Waals surface area (Å²) in [6, 6.07) is 0. The highest BCUT2D eigenvalue weighted by atomic mass is 16.5. The second kappa shape index (κ2) is 5.88.